The van der Waals surface area contributed by atoms with Crippen molar-refractivity contribution in [2.24, 2.45) is 11.7 Å². The van der Waals surface area contributed by atoms with E-state index in [9.17, 15) is 4.79 Å². The maximum absolute atomic E-state index is 12.1. The number of amides is 1. The molecule has 1 aromatic rings. The number of ether oxygens (including phenoxy) is 2. The molecule has 1 aromatic carbocycles. The van der Waals surface area contributed by atoms with Gasteiger partial charge in [-0.15, -0.1) is 0 Å². The molecule has 1 saturated heterocycles. The van der Waals surface area contributed by atoms with Crippen LogP contribution < -0.4 is 5.73 Å². The van der Waals surface area contributed by atoms with Gasteiger partial charge in [-0.05, 0) is 57.9 Å². The molecule has 1 heterocycles. The summed E-state index contributed by atoms with van der Waals surface area (Å²) in [6, 6.07) is 10.4. The highest BCUT2D eigenvalue weighted by Crippen LogP contribution is 2.23. The van der Waals surface area contributed by atoms with Crippen molar-refractivity contribution in [3.05, 3.63) is 35.9 Å². The minimum Gasteiger partial charge on any atom is -0.444 e. The van der Waals surface area contributed by atoms with E-state index in [-0.39, 0.29) is 12.1 Å². The average molecular weight is 363 g/mol. The summed E-state index contributed by atoms with van der Waals surface area (Å²) in [6.45, 7) is 8.55. The molecule has 0 saturated carbocycles. The lowest BCUT2D eigenvalue weighted by atomic mass is 9.88. The Kier molecular flexibility index (Phi) is 7.91. The van der Waals surface area contributed by atoms with E-state index in [0.29, 0.717) is 12.5 Å². The Balaban J connectivity index is 1.59. The summed E-state index contributed by atoms with van der Waals surface area (Å²) in [4.78, 5) is 13.9. The Bertz CT molecular complexity index is 534. The van der Waals surface area contributed by atoms with Crippen molar-refractivity contribution >= 4 is 6.09 Å². The molecule has 0 spiro atoms. The first-order valence-corrected chi connectivity index (χ1v) is 9.70. The smallest absolute Gasteiger partial charge is 0.410 e. The number of likely N-dealkylation sites (tertiary alicyclic amines) is 1. The number of hydrogen-bond donors (Lipinski definition) is 1. The number of piperidine rings is 1. The maximum Gasteiger partial charge on any atom is 0.410 e. The van der Waals surface area contributed by atoms with Crippen molar-refractivity contribution in [2.75, 3.05) is 19.7 Å². The fourth-order valence-corrected chi connectivity index (χ4v) is 3.26. The highest BCUT2D eigenvalue weighted by Gasteiger charge is 2.29. The van der Waals surface area contributed by atoms with Crippen molar-refractivity contribution < 1.29 is 14.3 Å². The molecule has 0 bridgehead atoms. The molecule has 0 aliphatic carbocycles. The second-order valence-corrected chi connectivity index (χ2v) is 8.15. The number of benzene rings is 1. The zero-order valence-electron chi connectivity index (χ0n) is 16.4. The van der Waals surface area contributed by atoms with Crippen molar-refractivity contribution in [1.82, 2.24) is 4.90 Å². The van der Waals surface area contributed by atoms with Crippen LogP contribution in [0.1, 0.15) is 52.0 Å². The lowest BCUT2D eigenvalue weighted by Gasteiger charge is -2.35. The fourth-order valence-electron chi connectivity index (χ4n) is 3.26. The predicted molar refractivity (Wildman–Crippen MR) is 104 cm³/mol. The van der Waals surface area contributed by atoms with E-state index in [1.807, 2.05) is 39.0 Å². The van der Waals surface area contributed by atoms with E-state index in [1.54, 1.807) is 4.90 Å². The first kappa shape index (κ1) is 20.7. The van der Waals surface area contributed by atoms with E-state index in [2.05, 4.69) is 12.1 Å². The molecule has 26 heavy (non-hydrogen) atoms. The summed E-state index contributed by atoms with van der Waals surface area (Å²) in [6.07, 6.45) is 3.63. The third-order valence-electron chi connectivity index (χ3n) is 4.73. The molecule has 1 amide bonds. The normalized spacial score (nSPS) is 17.2. The topological polar surface area (TPSA) is 64.8 Å². The first-order valence-electron chi connectivity index (χ1n) is 9.70. The van der Waals surface area contributed by atoms with Gasteiger partial charge in [0, 0.05) is 25.7 Å². The van der Waals surface area contributed by atoms with Gasteiger partial charge in [0.1, 0.15) is 5.60 Å². The van der Waals surface area contributed by atoms with Gasteiger partial charge in [-0.2, -0.15) is 0 Å². The number of rotatable bonds is 7. The molecule has 2 rings (SSSR count). The zero-order valence-corrected chi connectivity index (χ0v) is 16.4. The zero-order chi connectivity index (χ0) is 19.0. The molecule has 5 nitrogen and oxygen atoms in total. The van der Waals surface area contributed by atoms with Gasteiger partial charge in [0.15, 0.2) is 0 Å². The van der Waals surface area contributed by atoms with E-state index in [1.165, 1.54) is 5.56 Å². The van der Waals surface area contributed by atoms with Crippen LogP contribution in [0.4, 0.5) is 4.79 Å². The summed E-state index contributed by atoms with van der Waals surface area (Å²) in [5.41, 5.74) is 7.13. The predicted octanol–water partition coefficient (Wildman–Crippen LogP) is 3.96. The van der Waals surface area contributed by atoms with Crippen LogP contribution in [0.25, 0.3) is 0 Å². The van der Waals surface area contributed by atoms with Crippen molar-refractivity contribution in [3.63, 3.8) is 0 Å². The van der Waals surface area contributed by atoms with Crippen LogP contribution in [0.3, 0.4) is 0 Å². The highest BCUT2D eigenvalue weighted by atomic mass is 16.6. The summed E-state index contributed by atoms with van der Waals surface area (Å²) in [5.74, 6) is 0.475. The first-order chi connectivity index (χ1) is 12.3. The maximum atomic E-state index is 12.1. The second-order valence-electron chi connectivity index (χ2n) is 8.15. The Hall–Kier alpha value is -1.59. The van der Waals surface area contributed by atoms with Gasteiger partial charge >= 0.3 is 6.09 Å². The van der Waals surface area contributed by atoms with Crippen LogP contribution in [0, 0.1) is 5.92 Å². The SMILES string of the molecule is CC(C)(C)OC(=O)N1CCC([C@H](N)CCCOCc2ccccc2)CC1. The van der Waals surface area contributed by atoms with Gasteiger partial charge in [0.05, 0.1) is 6.61 Å². The molecule has 1 aliphatic rings. The summed E-state index contributed by atoms with van der Waals surface area (Å²) in [7, 11) is 0. The summed E-state index contributed by atoms with van der Waals surface area (Å²) in [5, 5.41) is 0. The minimum absolute atomic E-state index is 0.177. The van der Waals surface area contributed by atoms with Gasteiger partial charge in [-0.25, -0.2) is 4.79 Å². The van der Waals surface area contributed by atoms with Crippen molar-refractivity contribution in [3.8, 4) is 0 Å². The molecule has 1 atom stereocenters. The minimum atomic E-state index is -0.440. The fraction of sp³-hybridized carbons (Fsp3) is 0.667. The van der Waals surface area contributed by atoms with Crippen LogP contribution >= 0.6 is 0 Å². The van der Waals surface area contributed by atoms with Crippen LogP contribution in [-0.4, -0.2) is 42.3 Å². The summed E-state index contributed by atoms with van der Waals surface area (Å²) >= 11 is 0. The standard InChI is InChI=1S/C21H34N2O3/c1-21(2,3)26-20(24)23-13-11-18(12-14-23)19(22)10-7-15-25-16-17-8-5-4-6-9-17/h4-6,8-9,18-19H,7,10-16,22H2,1-3H3/t19-/m1/s1. The van der Waals surface area contributed by atoms with Gasteiger partial charge in [-0.1, -0.05) is 30.3 Å². The second kappa shape index (κ2) is 9.93. The van der Waals surface area contributed by atoms with E-state index < -0.39 is 5.60 Å². The van der Waals surface area contributed by atoms with Crippen LogP contribution in [0.5, 0.6) is 0 Å². The molecular weight excluding hydrogens is 328 g/mol. The van der Waals surface area contributed by atoms with Gasteiger partial charge in [0.25, 0.3) is 0 Å². The van der Waals surface area contributed by atoms with E-state index >= 15 is 0 Å². The average Bonchev–Trinajstić information content (AvgIpc) is 2.61. The molecule has 0 radical (unpaired) electrons. The molecule has 2 N–H and O–H groups in total. The number of carbonyl (C=O) groups excluding carboxylic acids is 1. The van der Waals surface area contributed by atoms with Crippen LogP contribution in [0.15, 0.2) is 30.3 Å². The molecule has 1 aliphatic heterocycles. The van der Waals surface area contributed by atoms with Gasteiger partial charge in [-0.3, -0.25) is 0 Å². The molecular formula is C21H34N2O3. The third-order valence-corrected chi connectivity index (χ3v) is 4.73. The molecule has 146 valence electrons. The molecule has 1 fully saturated rings. The number of nitrogens with zero attached hydrogens (tertiary/aromatic N) is 1. The highest BCUT2D eigenvalue weighted by molar-refractivity contribution is 5.68. The monoisotopic (exact) mass is 362 g/mol. The molecule has 5 heteroatoms. The Morgan fingerprint density at radius 3 is 2.50 bits per heavy atom. The lowest BCUT2D eigenvalue weighted by molar-refractivity contribution is 0.0172. The quantitative estimate of drug-likeness (QED) is 0.746. The van der Waals surface area contributed by atoms with Crippen LogP contribution in [0.2, 0.25) is 0 Å². The van der Waals surface area contributed by atoms with Crippen molar-refractivity contribution in [1.29, 1.82) is 0 Å². The Labute approximate surface area is 157 Å². The summed E-state index contributed by atoms with van der Waals surface area (Å²) < 4.78 is 11.2. The lowest BCUT2D eigenvalue weighted by Crippen LogP contribution is -2.45. The van der Waals surface area contributed by atoms with Crippen molar-refractivity contribution in [2.45, 2.75) is 64.7 Å². The molecule has 0 unspecified atom stereocenters. The third kappa shape index (κ3) is 7.34. The van der Waals surface area contributed by atoms with Crippen LogP contribution in [-0.2, 0) is 16.1 Å². The number of hydrogen-bond acceptors (Lipinski definition) is 4. The Morgan fingerprint density at radius 1 is 1.23 bits per heavy atom. The number of nitrogens with two attached hydrogens (primary N) is 1. The Morgan fingerprint density at radius 2 is 1.88 bits per heavy atom. The number of carbonyl (C=O) groups is 1. The van der Waals surface area contributed by atoms with Gasteiger partial charge in [0.2, 0.25) is 0 Å². The van der Waals surface area contributed by atoms with E-state index in [0.717, 1.165) is 45.4 Å². The molecule has 0 aromatic heterocycles. The van der Waals surface area contributed by atoms with E-state index in [4.69, 9.17) is 15.2 Å². The van der Waals surface area contributed by atoms with Gasteiger partial charge < -0.3 is 20.1 Å². The largest absolute Gasteiger partial charge is 0.444 e.